The van der Waals surface area contributed by atoms with Crippen LogP contribution in [-0.4, -0.2) is 29.5 Å². The molecular weight excluding hydrogens is 290 g/mol. The number of nitrogens with zero attached hydrogens (tertiary/aromatic N) is 4. The molecule has 6 heteroatoms. The van der Waals surface area contributed by atoms with Gasteiger partial charge in [0.2, 0.25) is 5.91 Å². The van der Waals surface area contributed by atoms with Gasteiger partial charge in [0.1, 0.15) is 17.4 Å². The maximum atomic E-state index is 12.4. The molecule has 1 saturated carbocycles. The zero-order valence-corrected chi connectivity index (χ0v) is 13.2. The minimum absolute atomic E-state index is 0.0556. The number of nitriles is 2. The predicted octanol–water partition coefficient (Wildman–Crippen LogP) is 1.65. The zero-order chi connectivity index (χ0) is 16.4. The van der Waals surface area contributed by atoms with Gasteiger partial charge in [-0.1, -0.05) is 0 Å². The van der Waals surface area contributed by atoms with Gasteiger partial charge in [-0.25, -0.2) is 4.98 Å². The Labute approximate surface area is 135 Å². The van der Waals surface area contributed by atoms with Crippen molar-refractivity contribution in [2.75, 3.05) is 18.0 Å². The van der Waals surface area contributed by atoms with Gasteiger partial charge < -0.3 is 10.2 Å². The van der Waals surface area contributed by atoms with Crippen LogP contribution in [0.25, 0.3) is 0 Å². The molecule has 1 amide bonds. The van der Waals surface area contributed by atoms with Crippen LogP contribution < -0.4 is 10.2 Å². The van der Waals surface area contributed by atoms with Crippen LogP contribution in [0.2, 0.25) is 0 Å². The first-order valence-corrected chi connectivity index (χ1v) is 7.93. The molecule has 1 aliphatic heterocycles. The third-order valence-corrected chi connectivity index (χ3v) is 4.55. The third kappa shape index (κ3) is 3.12. The second-order valence-electron chi connectivity index (χ2n) is 6.40. The fraction of sp³-hybridized carbons (Fsp3) is 0.529. The van der Waals surface area contributed by atoms with Gasteiger partial charge in [-0.05, 0) is 44.7 Å². The molecule has 2 heterocycles. The van der Waals surface area contributed by atoms with E-state index in [1.165, 1.54) is 0 Å². The molecule has 0 spiro atoms. The summed E-state index contributed by atoms with van der Waals surface area (Å²) in [5, 5.41) is 21.3. The first-order valence-electron chi connectivity index (χ1n) is 7.93. The Morgan fingerprint density at radius 3 is 2.87 bits per heavy atom. The number of pyridine rings is 1. The Hall–Kier alpha value is -2.60. The van der Waals surface area contributed by atoms with E-state index in [2.05, 4.69) is 22.4 Å². The molecule has 1 aliphatic carbocycles. The van der Waals surface area contributed by atoms with Crippen LogP contribution in [0.5, 0.6) is 0 Å². The number of carbonyl (C=O) groups is 1. The monoisotopic (exact) mass is 309 g/mol. The maximum absolute atomic E-state index is 12.4. The minimum Gasteiger partial charge on any atom is -0.355 e. The molecule has 0 aromatic carbocycles. The van der Waals surface area contributed by atoms with E-state index < -0.39 is 5.54 Å². The Bertz CT molecular complexity index is 711. The van der Waals surface area contributed by atoms with Gasteiger partial charge in [-0.2, -0.15) is 10.5 Å². The molecule has 1 aromatic rings. The van der Waals surface area contributed by atoms with Gasteiger partial charge in [0.15, 0.2) is 0 Å². The topological polar surface area (TPSA) is 92.8 Å². The van der Waals surface area contributed by atoms with Gasteiger partial charge in [0, 0.05) is 18.8 Å². The van der Waals surface area contributed by atoms with Crippen molar-refractivity contribution in [2.45, 2.75) is 38.1 Å². The second kappa shape index (κ2) is 5.89. The average molecular weight is 309 g/mol. The van der Waals surface area contributed by atoms with Gasteiger partial charge >= 0.3 is 0 Å². The van der Waals surface area contributed by atoms with Gasteiger partial charge in [0.25, 0.3) is 0 Å². The first kappa shape index (κ1) is 15.3. The summed E-state index contributed by atoms with van der Waals surface area (Å²) in [4.78, 5) is 18.9. The summed E-state index contributed by atoms with van der Waals surface area (Å²) < 4.78 is 0. The highest BCUT2D eigenvalue weighted by molar-refractivity contribution is 5.81. The fourth-order valence-electron chi connectivity index (χ4n) is 2.98. The van der Waals surface area contributed by atoms with E-state index in [1.807, 2.05) is 17.9 Å². The lowest BCUT2D eigenvalue weighted by Crippen LogP contribution is -2.47. The highest BCUT2D eigenvalue weighted by atomic mass is 16.2. The molecule has 2 fully saturated rings. The molecular formula is C17H19N5O. The number of hydrogen-bond acceptors (Lipinski definition) is 5. The number of aryl methyl sites for hydroxylation is 1. The molecule has 1 N–H and O–H groups in total. The zero-order valence-electron chi connectivity index (χ0n) is 13.2. The number of amides is 1. The van der Waals surface area contributed by atoms with Crippen molar-refractivity contribution in [1.29, 1.82) is 10.5 Å². The van der Waals surface area contributed by atoms with Crippen LogP contribution in [0.4, 0.5) is 5.82 Å². The third-order valence-electron chi connectivity index (χ3n) is 4.55. The lowest BCUT2D eigenvalue weighted by molar-refractivity contribution is -0.125. The van der Waals surface area contributed by atoms with Crippen LogP contribution in [0.15, 0.2) is 12.1 Å². The molecule has 1 aromatic heterocycles. The molecule has 1 atom stereocenters. The number of carbonyl (C=O) groups excluding carboxylic acids is 1. The molecule has 0 radical (unpaired) electrons. The van der Waals surface area contributed by atoms with Gasteiger partial charge in [0.05, 0.1) is 17.6 Å². The van der Waals surface area contributed by atoms with Crippen molar-refractivity contribution in [3.63, 3.8) is 0 Å². The normalized spacial score (nSPS) is 21.9. The molecule has 1 saturated heterocycles. The molecule has 3 rings (SSSR count). The highest BCUT2D eigenvalue weighted by Gasteiger charge is 2.45. The van der Waals surface area contributed by atoms with E-state index in [0.717, 1.165) is 37.9 Å². The standard InChI is InChI=1S/C17H19N5O/c1-12-4-5-13(9-18)15(20-12)22-8-2-3-14(10-22)16(23)21-17(11-19)6-7-17/h4-5,14H,2-3,6-8,10H2,1H3,(H,21,23)/t14-/m0/s1. The van der Waals surface area contributed by atoms with E-state index in [-0.39, 0.29) is 11.8 Å². The van der Waals surface area contributed by atoms with Crippen LogP contribution >= 0.6 is 0 Å². The Morgan fingerprint density at radius 1 is 1.43 bits per heavy atom. The van der Waals surface area contributed by atoms with Crippen molar-refractivity contribution < 1.29 is 4.79 Å². The smallest absolute Gasteiger partial charge is 0.226 e. The molecule has 0 unspecified atom stereocenters. The minimum atomic E-state index is -0.626. The van der Waals surface area contributed by atoms with Crippen molar-refractivity contribution in [3.05, 3.63) is 23.4 Å². The number of anilines is 1. The largest absolute Gasteiger partial charge is 0.355 e. The summed E-state index contributed by atoms with van der Waals surface area (Å²) in [5.74, 6) is 0.440. The fourth-order valence-corrected chi connectivity index (χ4v) is 2.98. The Kier molecular flexibility index (Phi) is 3.92. The van der Waals surface area contributed by atoms with E-state index >= 15 is 0 Å². The summed E-state index contributed by atoms with van der Waals surface area (Å²) >= 11 is 0. The second-order valence-corrected chi connectivity index (χ2v) is 6.40. The summed E-state index contributed by atoms with van der Waals surface area (Å²) in [7, 11) is 0. The summed E-state index contributed by atoms with van der Waals surface area (Å²) in [6, 6.07) is 7.96. The summed E-state index contributed by atoms with van der Waals surface area (Å²) in [6.07, 6.45) is 3.16. The van der Waals surface area contributed by atoms with Crippen molar-refractivity contribution >= 4 is 11.7 Å². The van der Waals surface area contributed by atoms with Gasteiger partial charge in [-0.15, -0.1) is 0 Å². The number of hydrogen-bond donors (Lipinski definition) is 1. The number of rotatable bonds is 3. The van der Waals surface area contributed by atoms with Crippen LogP contribution in [0.3, 0.4) is 0 Å². The predicted molar refractivity (Wildman–Crippen MR) is 84.3 cm³/mol. The Balaban J connectivity index is 1.74. The summed E-state index contributed by atoms with van der Waals surface area (Å²) in [5.41, 5.74) is 0.762. The van der Waals surface area contributed by atoms with Crippen LogP contribution in [0, 0.1) is 35.5 Å². The molecule has 0 bridgehead atoms. The van der Waals surface area contributed by atoms with E-state index in [1.54, 1.807) is 6.07 Å². The Morgan fingerprint density at radius 2 is 2.22 bits per heavy atom. The molecule has 2 aliphatic rings. The van der Waals surface area contributed by atoms with Crippen LogP contribution in [0.1, 0.15) is 36.9 Å². The average Bonchev–Trinajstić information content (AvgIpc) is 3.35. The molecule has 6 nitrogen and oxygen atoms in total. The lowest BCUT2D eigenvalue weighted by atomic mass is 9.96. The highest BCUT2D eigenvalue weighted by Crippen LogP contribution is 2.35. The maximum Gasteiger partial charge on any atom is 0.226 e. The van der Waals surface area contributed by atoms with Crippen LogP contribution in [-0.2, 0) is 4.79 Å². The quantitative estimate of drug-likeness (QED) is 0.916. The molecule has 118 valence electrons. The van der Waals surface area contributed by atoms with Crippen molar-refractivity contribution in [2.24, 2.45) is 5.92 Å². The number of nitrogens with one attached hydrogen (secondary N) is 1. The summed E-state index contributed by atoms with van der Waals surface area (Å²) in [6.45, 7) is 3.22. The number of piperidine rings is 1. The number of aromatic nitrogens is 1. The van der Waals surface area contributed by atoms with Crippen molar-refractivity contribution in [3.8, 4) is 12.1 Å². The van der Waals surface area contributed by atoms with E-state index in [0.29, 0.717) is 17.9 Å². The molecule has 23 heavy (non-hydrogen) atoms. The SMILES string of the molecule is Cc1ccc(C#N)c(N2CCC[C@H](C(=O)NC3(C#N)CC3)C2)n1. The van der Waals surface area contributed by atoms with Crippen molar-refractivity contribution in [1.82, 2.24) is 10.3 Å². The van der Waals surface area contributed by atoms with Gasteiger partial charge in [-0.3, -0.25) is 4.79 Å². The van der Waals surface area contributed by atoms with E-state index in [4.69, 9.17) is 5.26 Å². The van der Waals surface area contributed by atoms with E-state index in [9.17, 15) is 10.1 Å². The lowest BCUT2D eigenvalue weighted by Gasteiger charge is -2.33. The first-order chi connectivity index (χ1) is 11.1.